The fourth-order valence-corrected chi connectivity index (χ4v) is 4.77. The van der Waals surface area contributed by atoms with Crippen molar-refractivity contribution in [3.05, 3.63) is 64.7 Å². The first-order valence-corrected chi connectivity index (χ1v) is 9.50. The fourth-order valence-electron chi connectivity index (χ4n) is 4.77. The van der Waals surface area contributed by atoms with Crippen LogP contribution in [0.15, 0.2) is 42.5 Å². The van der Waals surface area contributed by atoms with Crippen molar-refractivity contribution in [1.29, 1.82) is 0 Å². The lowest BCUT2D eigenvalue weighted by atomic mass is 9.72. The van der Waals surface area contributed by atoms with Crippen LogP contribution in [0.3, 0.4) is 0 Å². The van der Waals surface area contributed by atoms with Crippen molar-refractivity contribution in [3.8, 4) is 5.75 Å². The first-order chi connectivity index (χ1) is 13.1. The highest BCUT2D eigenvalue weighted by molar-refractivity contribution is 5.95. The van der Waals surface area contributed by atoms with Gasteiger partial charge in [0.2, 0.25) is 0 Å². The Morgan fingerprint density at radius 1 is 1.22 bits per heavy atom. The molecule has 142 valence electrons. The van der Waals surface area contributed by atoms with Crippen molar-refractivity contribution in [2.45, 2.75) is 37.3 Å². The van der Waals surface area contributed by atoms with Crippen LogP contribution in [0, 0.1) is 6.92 Å². The molecular weight excluding hydrogens is 340 g/mol. The minimum Gasteiger partial charge on any atom is -0.508 e. The minimum atomic E-state index is -0.208. The summed E-state index contributed by atoms with van der Waals surface area (Å²) in [6.07, 6.45) is 1.86. The molecule has 1 saturated heterocycles. The number of carbonyl (C=O) groups is 1. The van der Waals surface area contributed by atoms with Gasteiger partial charge in [-0.1, -0.05) is 30.3 Å². The molecule has 5 nitrogen and oxygen atoms in total. The smallest absolute Gasteiger partial charge is 0.251 e. The molecule has 2 aliphatic rings. The topological polar surface area (TPSA) is 70.6 Å². The summed E-state index contributed by atoms with van der Waals surface area (Å²) in [7, 11) is 1.73. The first kappa shape index (κ1) is 18.0. The Labute approximate surface area is 159 Å². The largest absolute Gasteiger partial charge is 0.508 e. The summed E-state index contributed by atoms with van der Waals surface area (Å²) in [5, 5.41) is 16.6. The van der Waals surface area contributed by atoms with E-state index >= 15 is 0 Å². The normalized spacial score (nSPS) is 23.2. The number of phenolic OH excluding ortho intramolecular Hbond substituents is 1. The summed E-state index contributed by atoms with van der Waals surface area (Å²) in [4.78, 5) is 12.9. The van der Waals surface area contributed by atoms with Crippen LogP contribution in [-0.4, -0.2) is 37.3 Å². The number of ether oxygens (including phenoxy) is 1. The zero-order valence-electron chi connectivity index (χ0n) is 15.8. The van der Waals surface area contributed by atoms with Crippen molar-refractivity contribution in [2.75, 3.05) is 20.2 Å². The van der Waals surface area contributed by atoms with Crippen LogP contribution in [0.1, 0.15) is 45.9 Å². The van der Waals surface area contributed by atoms with Gasteiger partial charge in [-0.2, -0.15) is 0 Å². The van der Waals surface area contributed by atoms with E-state index in [1.54, 1.807) is 19.2 Å². The standard InChI is InChI=1S/C22H26N2O3/c1-14-7-8-15(13-18(14)25)21(26)24-19-16-5-3-4-6-17(16)22(20(19)27-2)9-11-23-12-10-22/h3-8,13,19-20,23,25H,9-12H2,1-2H3,(H,24,26)/t19-,20+/m0/s1. The summed E-state index contributed by atoms with van der Waals surface area (Å²) >= 11 is 0. The Morgan fingerprint density at radius 2 is 1.96 bits per heavy atom. The molecule has 1 aliphatic carbocycles. The highest BCUT2D eigenvalue weighted by Crippen LogP contribution is 2.51. The van der Waals surface area contributed by atoms with Crippen LogP contribution < -0.4 is 10.6 Å². The van der Waals surface area contributed by atoms with Crippen LogP contribution in [-0.2, 0) is 10.2 Å². The Hall–Kier alpha value is -2.37. The lowest BCUT2D eigenvalue weighted by Crippen LogP contribution is -2.49. The van der Waals surface area contributed by atoms with Crippen LogP contribution in [0.2, 0.25) is 0 Å². The molecule has 4 rings (SSSR count). The zero-order valence-corrected chi connectivity index (χ0v) is 15.8. The second-order valence-corrected chi connectivity index (χ2v) is 7.60. The number of fused-ring (bicyclic) bond motifs is 2. The average molecular weight is 366 g/mol. The Morgan fingerprint density at radius 3 is 2.67 bits per heavy atom. The second kappa shape index (κ2) is 6.98. The van der Waals surface area contributed by atoms with Crippen LogP contribution >= 0.6 is 0 Å². The van der Waals surface area contributed by atoms with Gasteiger partial charge in [-0.05, 0) is 61.7 Å². The number of piperidine rings is 1. The maximum absolute atomic E-state index is 12.9. The molecule has 0 saturated carbocycles. The molecule has 2 aromatic carbocycles. The Kier molecular flexibility index (Phi) is 4.66. The van der Waals surface area contributed by atoms with E-state index in [-0.39, 0.29) is 29.2 Å². The van der Waals surface area contributed by atoms with Gasteiger partial charge >= 0.3 is 0 Å². The molecule has 1 fully saturated rings. The van der Waals surface area contributed by atoms with E-state index < -0.39 is 0 Å². The van der Waals surface area contributed by atoms with Crippen LogP contribution in [0.4, 0.5) is 0 Å². The van der Waals surface area contributed by atoms with Gasteiger partial charge in [0.05, 0.1) is 12.1 Å². The van der Waals surface area contributed by atoms with Crippen molar-refractivity contribution in [2.24, 2.45) is 0 Å². The van der Waals surface area contributed by atoms with Crippen molar-refractivity contribution in [1.82, 2.24) is 10.6 Å². The third-order valence-electron chi connectivity index (χ3n) is 6.19. The molecule has 1 heterocycles. The highest BCUT2D eigenvalue weighted by Gasteiger charge is 2.53. The molecule has 3 N–H and O–H groups in total. The molecule has 1 aliphatic heterocycles. The molecule has 27 heavy (non-hydrogen) atoms. The molecule has 1 amide bonds. The molecule has 1 spiro atoms. The molecule has 0 unspecified atom stereocenters. The predicted octanol–water partition coefficient (Wildman–Crippen LogP) is 2.82. The van der Waals surface area contributed by atoms with Gasteiger partial charge in [0.15, 0.2) is 0 Å². The number of amides is 1. The Balaban J connectivity index is 1.69. The molecule has 2 atom stereocenters. The number of benzene rings is 2. The van der Waals surface area contributed by atoms with Gasteiger partial charge < -0.3 is 20.5 Å². The number of aryl methyl sites for hydroxylation is 1. The predicted molar refractivity (Wildman–Crippen MR) is 104 cm³/mol. The number of hydrogen-bond donors (Lipinski definition) is 3. The van der Waals surface area contributed by atoms with E-state index in [4.69, 9.17) is 4.74 Å². The van der Waals surface area contributed by atoms with Gasteiger partial charge in [0.25, 0.3) is 5.91 Å². The number of rotatable bonds is 3. The van der Waals surface area contributed by atoms with Gasteiger partial charge in [-0.3, -0.25) is 4.79 Å². The average Bonchev–Trinajstić information content (AvgIpc) is 2.93. The highest BCUT2D eigenvalue weighted by atomic mass is 16.5. The van der Waals surface area contributed by atoms with Crippen molar-refractivity contribution < 1.29 is 14.6 Å². The first-order valence-electron chi connectivity index (χ1n) is 9.50. The lowest BCUT2D eigenvalue weighted by Gasteiger charge is -2.40. The Bertz CT molecular complexity index is 858. The molecule has 5 heteroatoms. The fraction of sp³-hybridized carbons (Fsp3) is 0.409. The summed E-state index contributed by atoms with van der Waals surface area (Å²) in [5.74, 6) is -0.0641. The summed E-state index contributed by atoms with van der Waals surface area (Å²) in [6, 6.07) is 13.2. The summed E-state index contributed by atoms with van der Waals surface area (Å²) < 4.78 is 5.99. The summed E-state index contributed by atoms with van der Waals surface area (Å²) in [6.45, 7) is 3.70. The number of nitrogens with one attached hydrogen (secondary N) is 2. The van der Waals surface area contributed by atoms with E-state index in [0.29, 0.717) is 5.56 Å². The maximum Gasteiger partial charge on any atom is 0.251 e. The van der Waals surface area contributed by atoms with Crippen LogP contribution in [0.5, 0.6) is 5.75 Å². The van der Waals surface area contributed by atoms with Gasteiger partial charge in [0, 0.05) is 18.1 Å². The van der Waals surface area contributed by atoms with Gasteiger partial charge in [-0.15, -0.1) is 0 Å². The third kappa shape index (κ3) is 2.91. The van der Waals surface area contributed by atoms with E-state index in [1.165, 1.54) is 11.6 Å². The number of phenols is 1. The number of hydrogen-bond acceptors (Lipinski definition) is 4. The molecule has 2 aromatic rings. The van der Waals surface area contributed by atoms with Crippen molar-refractivity contribution >= 4 is 5.91 Å². The number of carbonyl (C=O) groups excluding carboxylic acids is 1. The molecule has 0 bridgehead atoms. The quantitative estimate of drug-likeness (QED) is 0.781. The summed E-state index contributed by atoms with van der Waals surface area (Å²) in [5.41, 5.74) is 3.55. The van der Waals surface area contributed by atoms with E-state index in [9.17, 15) is 9.90 Å². The minimum absolute atomic E-state index is 0.0794. The maximum atomic E-state index is 12.9. The third-order valence-corrected chi connectivity index (χ3v) is 6.19. The van der Waals surface area contributed by atoms with Crippen LogP contribution in [0.25, 0.3) is 0 Å². The van der Waals surface area contributed by atoms with E-state index in [1.807, 2.05) is 13.0 Å². The van der Waals surface area contributed by atoms with Crippen molar-refractivity contribution in [3.63, 3.8) is 0 Å². The van der Waals surface area contributed by atoms with Gasteiger partial charge in [0.1, 0.15) is 5.75 Å². The second-order valence-electron chi connectivity index (χ2n) is 7.60. The van der Waals surface area contributed by atoms with E-state index in [0.717, 1.165) is 37.1 Å². The molecule has 0 radical (unpaired) electrons. The monoisotopic (exact) mass is 366 g/mol. The van der Waals surface area contributed by atoms with Gasteiger partial charge in [-0.25, -0.2) is 0 Å². The zero-order chi connectivity index (χ0) is 19.0. The molecular formula is C22H26N2O3. The SMILES string of the molecule is CO[C@@H]1[C@@H](NC(=O)c2ccc(C)c(O)c2)c2ccccc2C12CCNCC2. The van der Waals surface area contributed by atoms with E-state index in [2.05, 4.69) is 28.8 Å². The number of aromatic hydroxyl groups is 1. The molecule has 0 aromatic heterocycles. The number of methoxy groups -OCH3 is 1. The lowest BCUT2D eigenvalue weighted by molar-refractivity contribution is 0.00396.